The second-order valence-corrected chi connectivity index (χ2v) is 5.58. The Labute approximate surface area is 119 Å². The first kappa shape index (κ1) is 16.3. The molecule has 1 rings (SSSR count). The average molecular weight is 340 g/mol. The predicted molar refractivity (Wildman–Crippen MR) is 72.0 cm³/mol. The van der Waals surface area contributed by atoms with Gasteiger partial charge in [0.25, 0.3) is 0 Å². The Hall–Kier alpha value is -0.750. The van der Waals surface area contributed by atoms with E-state index >= 15 is 0 Å². The van der Waals surface area contributed by atoms with Gasteiger partial charge in [-0.2, -0.15) is 0 Å². The molecule has 0 aliphatic rings. The van der Waals surface area contributed by atoms with Crippen LogP contribution in [0.4, 0.5) is 13.2 Å². The molecule has 0 bridgehead atoms. The number of nitrogens with one attached hydrogen (secondary N) is 1. The number of halogens is 4. The summed E-state index contributed by atoms with van der Waals surface area (Å²) in [7, 11) is 0. The SMILES string of the molecule is CC(C)C(C)NCc1ccc(OC(F)(F)F)c(Br)c1. The molecule has 0 saturated heterocycles. The Morgan fingerprint density at radius 1 is 1.26 bits per heavy atom. The number of rotatable bonds is 5. The molecule has 1 aromatic carbocycles. The van der Waals surface area contributed by atoms with Crippen LogP contribution < -0.4 is 10.1 Å². The lowest BCUT2D eigenvalue weighted by Gasteiger charge is -2.18. The van der Waals surface area contributed by atoms with E-state index in [4.69, 9.17) is 0 Å². The van der Waals surface area contributed by atoms with Gasteiger partial charge >= 0.3 is 6.36 Å². The highest BCUT2D eigenvalue weighted by Crippen LogP contribution is 2.31. The van der Waals surface area contributed by atoms with Crippen molar-refractivity contribution in [3.05, 3.63) is 28.2 Å². The second kappa shape index (κ2) is 6.61. The van der Waals surface area contributed by atoms with Gasteiger partial charge in [-0.15, -0.1) is 13.2 Å². The quantitative estimate of drug-likeness (QED) is 0.853. The summed E-state index contributed by atoms with van der Waals surface area (Å²) in [4.78, 5) is 0. The van der Waals surface area contributed by atoms with Gasteiger partial charge in [-0.1, -0.05) is 19.9 Å². The van der Waals surface area contributed by atoms with Gasteiger partial charge in [0, 0.05) is 12.6 Å². The van der Waals surface area contributed by atoms with Crippen molar-refractivity contribution in [1.82, 2.24) is 5.32 Å². The minimum Gasteiger partial charge on any atom is -0.405 e. The first-order valence-electron chi connectivity index (χ1n) is 5.96. The van der Waals surface area contributed by atoms with Gasteiger partial charge in [0.15, 0.2) is 0 Å². The lowest BCUT2D eigenvalue weighted by molar-refractivity contribution is -0.274. The molecule has 1 atom stereocenters. The molecule has 0 saturated carbocycles. The molecule has 2 nitrogen and oxygen atoms in total. The zero-order chi connectivity index (χ0) is 14.6. The van der Waals surface area contributed by atoms with Crippen LogP contribution in [0.1, 0.15) is 26.3 Å². The maximum absolute atomic E-state index is 12.1. The minimum absolute atomic E-state index is 0.229. The maximum Gasteiger partial charge on any atom is 0.573 e. The van der Waals surface area contributed by atoms with E-state index in [9.17, 15) is 13.2 Å². The molecular weight excluding hydrogens is 323 g/mol. The Balaban J connectivity index is 2.67. The van der Waals surface area contributed by atoms with Crippen molar-refractivity contribution < 1.29 is 17.9 Å². The highest BCUT2D eigenvalue weighted by molar-refractivity contribution is 9.10. The summed E-state index contributed by atoms with van der Waals surface area (Å²) in [5, 5.41) is 3.31. The molecule has 0 radical (unpaired) electrons. The van der Waals surface area contributed by atoms with Crippen molar-refractivity contribution in [2.45, 2.75) is 39.7 Å². The molecular formula is C13H17BrF3NO. The summed E-state index contributed by atoms with van der Waals surface area (Å²) in [6.45, 7) is 6.88. The average Bonchev–Trinajstić information content (AvgIpc) is 2.27. The summed E-state index contributed by atoms with van der Waals surface area (Å²) in [6, 6.07) is 4.90. The lowest BCUT2D eigenvalue weighted by atomic mass is 10.1. The van der Waals surface area contributed by atoms with E-state index in [0.717, 1.165) is 5.56 Å². The number of alkyl halides is 3. The first-order valence-corrected chi connectivity index (χ1v) is 6.76. The van der Waals surface area contributed by atoms with Crippen LogP contribution in [0.25, 0.3) is 0 Å². The van der Waals surface area contributed by atoms with Gasteiger partial charge in [0.2, 0.25) is 0 Å². The van der Waals surface area contributed by atoms with Crippen molar-refractivity contribution in [2.75, 3.05) is 0 Å². The molecule has 1 N–H and O–H groups in total. The highest BCUT2D eigenvalue weighted by Gasteiger charge is 2.31. The van der Waals surface area contributed by atoms with E-state index < -0.39 is 6.36 Å². The fourth-order valence-electron chi connectivity index (χ4n) is 1.38. The summed E-state index contributed by atoms with van der Waals surface area (Å²) in [5.41, 5.74) is 0.897. The number of ether oxygens (including phenoxy) is 1. The normalized spacial score (nSPS) is 13.7. The molecule has 19 heavy (non-hydrogen) atoms. The maximum atomic E-state index is 12.1. The van der Waals surface area contributed by atoms with E-state index in [1.807, 2.05) is 0 Å². The van der Waals surface area contributed by atoms with Crippen LogP contribution in [-0.2, 0) is 6.54 Å². The summed E-state index contributed by atoms with van der Waals surface area (Å²) >= 11 is 3.08. The van der Waals surface area contributed by atoms with E-state index in [0.29, 0.717) is 23.0 Å². The molecule has 1 aromatic rings. The zero-order valence-electron chi connectivity index (χ0n) is 11.0. The summed E-state index contributed by atoms with van der Waals surface area (Å²) in [5.74, 6) is 0.268. The molecule has 6 heteroatoms. The zero-order valence-corrected chi connectivity index (χ0v) is 12.6. The second-order valence-electron chi connectivity index (χ2n) is 4.73. The van der Waals surface area contributed by atoms with Crippen molar-refractivity contribution in [2.24, 2.45) is 5.92 Å². The molecule has 0 aliphatic carbocycles. The third kappa shape index (κ3) is 5.82. The molecule has 0 fully saturated rings. The van der Waals surface area contributed by atoms with E-state index in [-0.39, 0.29) is 5.75 Å². The van der Waals surface area contributed by atoms with Gasteiger partial charge < -0.3 is 10.1 Å². The fraction of sp³-hybridized carbons (Fsp3) is 0.538. The highest BCUT2D eigenvalue weighted by atomic mass is 79.9. The standard InChI is InChI=1S/C13H17BrF3NO/c1-8(2)9(3)18-7-10-4-5-12(11(14)6-10)19-13(15,16)17/h4-6,8-9,18H,7H2,1-3H3. The van der Waals surface area contributed by atoms with Crippen molar-refractivity contribution in [3.8, 4) is 5.75 Å². The number of hydrogen-bond donors (Lipinski definition) is 1. The Morgan fingerprint density at radius 3 is 2.37 bits per heavy atom. The lowest BCUT2D eigenvalue weighted by Crippen LogP contribution is -2.30. The van der Waals surface area contributed by atoms with Gasteiger partial charge in [0.05, 0.1) is 4.47 Å². The third-order valence-corrected chi connectivity index (χ3v) is 3.47. The van der Waals surface area contributed by atoms with Crippen LogP contribution >= 0.6 is 15.9 Å². The van der Waals surface area contributed by atoms with Gasteiger partial charge in [-0.25, -0.2) is 0 Å². The summed E-state index contributed by atoms with van der Waals surface area (Å²) in [6.07, 6.45) is -4.67. The van der Waals surface area contributed by atoms with Crippen LogP contribution in [0.2, 0.25) is 0 Å². The molecule has 108 valence electrons. The Kier molecular flexibility index (Phi) is 5.67. The van der Waals surface area contributed by atoms with Gasteiger partial charge in [-0.3, -0.25) is 0 Å². The predicted octanol–water partition coefficient (Wildman–Crippen LogP) is 4.48. The largest absolute Gasteiger partial charge is 0.573 e. The fourth-order valence-corrected chi connectivity index (χ4v) is 1.88. The number of benzene rings is 1. The van der Waals surface area contributed by atoms with Crippen molar-refractivity contribution in [3.63, 3.8) is 0 Å². The van der Waals surface area contributed by atoms with Crippen LogP contribution in [0.5, 0.6) is 5.75 Å². The molecule has 0 spiro atoms. The summed E-state index contributed by atoms with van der Waals surface area (Å²) < 4.78 is 40.5. The monoisotopic (exact) mass is 339 g/mol. The van der Waals surface area contributed by atoms with Crippen LogP contribution in [0, 0.1) is 5.92 Å². The molecule has 1 unspecified atom stereocenters. The van der Waals surface area contributed by atoms with Crippen LogP contribution in [0.3, 0.4) is 0 Å². The Bertz CT molecular complexity index is 421. The molecule has 0 heterocycles. The minimum atomic E-state index is -4.67. The van der Waals surface area contributed by atoms with Crippen molar-refractivity contribution in [1.29, 1.82) is 0 Å². The van der Waals surface area contributed by atoms with E-state index in [1.54, 1.807) is 12.1 Å². The topological polar surface area (TPSA) is 21.3 Å². The third-order valence-electron chi connectivity index (χ3n) is 2.85. The van der Waals surface area contributed by atoms with Crippen molar-refractivity contribution >= 4 is 15.9 Å². The Morgan fingerprint density at radius 2 is 1.89 bits per heavy atom. The van der Waals surface area contributed by atoms with Gasteiger partial charge in [-0.05, 0) is 46.5 Å². The van der Waals surface area contributed by atoms with E-state index in [2.05, 4.69) is 46.8 Å². The van der Waals surface area contributed by atoms with Crippen LogP contribution in [-0.4, -0.2) is 12.4 Å². The number of hydrogen-bond acceptors (Lipinski definition) is 2. The van der Waals surface area contributed by atoms with Crippen LogP contribution in [0.15, 0.2) is 22.7 Å². The molecule has 0 aromatic heterocycles. The smallest absolute Gasteiger partial charge is 0.405 e. The van der Waals surface area contributed by atoms with Gasteiger partial charge in [0.1, 0.15) is 5.75 Å². The molecule has 0 amide bonds. The van der Waals surface area contributed by atoms with E-state index in [1.165, 1.54) is 6.07 Å². The first-order chi connectivity index (χ1) is 8.69. The molecule has 0 aliphatic heterocycles.